The van der Waals surface area contributed by atoms with Crippen LogP contribution in [0, 0.1) is 5.92 Å². The fourth-order valence-electron chi connectivity index (χ4n) is 1.78. The summed E-state index contributed by atoms with van der Waals surface area (Å²) in [5.74, 6) is 0.465. The molecule has 1 aromatic rings. The highest BCUT2D eigenvalue weighted by Gasteiger charge is 2.20. The van der Waals surface area contributed by atoms with Gasteiger partial charge in [-0.1, -0.05) is 25.3 Å². The number of carbonyl (C=O) groups excluding carboxylic acids is 1. The Morgan fingerprint density at radius 3 is 3.00 bits per heavy atom. The third-order valence-electron chi connectivity index (χ3n) is 3.10. The molecule has 0 saturated heterocycles. The lowest BCUT2D eigenvalue weighted by molar-refractivity contribution is -0.145. The minimum atomic E-state index is -0.610. The monoisotopic (exact) mass is 239 g/mol. The summed E-state index contributed by atoms with van der Waals surface area (Å²) < 4.78 is 5.18. The van der Waals surface area contributed by atoms with Gasteiger partial charge in [0.2, 0.25) is 0 Å². The van der Waals surface area contributed by atoms with Gasteiger partial charge in [0.15, 0.2) is 0 Å². The van der Waals surface area contributed by atoms with Gasteiger partial charge < -0.3 is 10.5 Å². The minimum absolute atomic E-state index is 0.304. The van der Waals surface area contributed by atoms with Crippen molar-refractivity contribution in [3.8, 4) is 0 Å². The smallest absolute Gasteiger partial charge is 0.328 e. The number of ether oxygens (including phenoxy) is 1. The minimum Gasteiger partial charge on any atom is -0.464 e. The van der Waals surface area contributed by atoms with Crippen molar-refractivity contribution >= 4 is 17.3 Å². The standard InChI is InChI=1S/C12H17NO2S/c13-11(10-5-2-8-16-10)12(14)15-7-6-9-3-1-4-9/h2,5,8-9,11H,1,3-4,6-7,13H2. The third kappa shape index (κ3) is 2.83. The Bertz CT molecular complexity index is 333. The molecule has 16 heavy (non-hydrogen) atoms. The van der Waals surface area contributed by atoms with Crippen LogP contribution in [-0.2, 0) is 9.53 Å². The maximum atomic E-state index is 11.6. The van der Waals surface area contributed by atoms with E-state index >= 15 is 0 Å². The molecule has 4 heteroatoms. The molecule has 0 aromatic carbocycles. The Balaban J connectivity index is 1.70. The Hall–Kier alpha value is -0.870. The van der Waals surface area contributed by atoms with E-state index in [2.05, 4.69) is 0 Å². The molecule has 0 bridgehead atoms. The van der Waals surface area contributed by atoms with Crippen LogP contribution in [0.25, 0.3) is 0 Å². The van der Waals surface area contributed by atoms with Crippen LogP contribution >= 0.6 is 11.3 Å². The van der Waals surface area contributed by atoms with Crippen LogP contribution in [0.3, 0.4) is 0 Å². The van der Waals surface area contributed by atoms with E-state index in [1.807, 2.05) is 17.5 Å². The van der Waals surface area contributed by atoms with Gasteiger partial charge in [-0.2, -0.15) is 0 Å². The highest BCUT2D eigenvalue weighted by molar-refractivity contribution is 7.10. The van der Waals surface area contributed by atoms with Gasteiger partial charge in [0.25, 0.3) is 0 Å². The molecule has 0 aliphatic heterocycles. The number of thiophene rings is 1. The van der Waals surface area contributed by atoms with E-state index in [-0.39, 0.29) is 5.97 Å². The van der Waals surface area contributed by atoms with Crippen LogP contribution < -0.4 is 5.73 Å². The van der Waals surface area contributed by atoms with Crippen LogP contribution in [0.4, 0.5) is 0 Å². The van der Waals surface area contributed by atoms with Crippen molar-refractivity contribution in [2.24, 2.45) is 11.7 Å². The average molecular weight is 239 g/mol. The highest BCUT2D eigenvalue weighted by atomic mass is 32.1. The second kappa shape index (κ2) is 5.46. The SMILES string of the molecule is NC(C(=O)OCCC1CCC1)c1cccs1. The van der Waals surface area contributed by atoms with Crippen molar-refractivity contribution in [3.63, 3.8) is 0 Å². The summed E-state index contributed by atoms with van der Waals surface area (Å²) in [6, 6.07) is 3.14. The Kier molecular flexibility index (Phi) is 3.96. The number of hydrogen-bond acceptors (Lipinski definition) is 4. The van der Waals surface area contributed by atoms with Gasteiger partial charge in [0, 0.05) is 4.88 Å². The van der Waals surface area contributed by atoms with E-state index in [0.29, 0.717) is 6.61 Å². The fraction of sp³-hybridized carbons (Fsp3) is 0.583. The first-order chi connectivity index (χ1) is 7.77. The Morgan fingerprint density at radius 1 is 1.62 bits per heavy atom. The summed E-state index contributed by atoms with van der Waals surface area (Å²) in [6.45, 7) is 0.516. The zero-order chi connectivity index (χ0) is 11.4. The van der Waals surface area contributed by atoms with Crippen molar-refractivity contribution in [1.82, 2.24) is 0 Å². The molecule has 88 valence electrons. The molecule has 1 aliphatic carbocycles. The van der Waals surface area contributed by atoms with Crippen molar-refractivity contribution in [2.45, 2.75) is 31.7 Å². The van der Waals surface area contributed by atoms with Crippen LogP contribution in [0.2, 0.25) is 0 Å². The second-order valence-corrected chi connectivity index (χ2v) is 5.23. The average Bonchev–Trinajstić information content (AvgIpc) is 2.73. The molecule has 2 rings (SSSR count). The summed E-state index contributed by atoms with van der Waals surface area (Å²) in [5, 5.41) is 1.91. The predicted octanol–water partition coefficient (Wildman–Crippen LogP) is 2.48. The van der Waals surface area contributed by atoms with Crippen LogP contribution in [-0.4, -0.2) is 12.6 Å². The van der Waals surface area contributed by atoms with E-state index in [1.54, 1.807) is 0 Å². The molecule has 1 aliphatic rings. The molecular weight excluding hydrogens is 222 g/mol. The van der Waals surface area contributed by atoms with Gasteiger partial charge >= 0.3 is 5.97 Å². The maximum Gasteiger partial charge on any atom is 0.328 e. The first-order valence-electron chi connectivity index (χ1n) is 5.73. The molecule has 3 nitrogen and oxygen atoms in total. The number of esters is 1. The molecule has 1 atom stereocenters. The van der Waals surface area contributed by atoms with Gasteiger partial charge in [-0.05, 0) is 23.8 Å². The third-order valence-corrected chi connectivity index (χ3v) is 4.05. The maximum absolute atomic E-state index is 11.6. The van der Waals surface area contributed by atoms with Crippen molar-refractivity contribution in [1.29, 1.82) is 0 Å². The fourth-order valence-corrected chi connectivity index (χ4v) is 2.50. The van der Waals surface area contributed by atoms with Gasteiger partial charge in [-0.25, -0.2) is 4.79 Å². The molecule has 1 unspecified atom stereocenters. The van der Waals surface area contributed by atoms with Gasteiger partial charge in [0.05, 0.1) is 6.61 Å². The molecule has 2 N–H and O–H groups in total. The lowest BCUT2D eigenvalue weighted by atomic mass is 9.83. The lowest BCUT2D eigenvalue weighted by Crippen LogP contribution is -2.24. The number of hydrogen-bond donors (Lipinski definition) is 1. The van der Waals surface area contributed by atoms with Crippen LogP contribution in [0.15, 0.2) is 17.5 Å². The van der Waals surface area contributed by atoms with E-state index in [9.17, 15) is 4.79 Å². The van der Waals surface area contributed by atoms with Crippen LogP contribution in [0.5, 0.6) is 0 Å². The zero-order valence-corrected chi connectivity index (χ0v) is 10.0. The highest BCUT2D eigenvalue weighted by Crippen LogP contribution is 2.29. The van der Waals surface area contributed by atoms with Crippen molar-refractivity contribution in [3.05, 3.63) is 22.4 Å². The summed E-state index contributed by atoms with van der Waals surface area (Å²) in [5.41, 5.74) is 5.78. The van der Waals surface area contributed by atoms with E-state index < -0.39 is 6.04 Å². The lowest BCUT2D eigenvalue weighted by Gasteiger charge is -2.24. The van der Waals surface area contributed by atoms with E-state index in [1.165, 1.54) is 30.6 Å². The van der Waals surface area contributed by atoms with Crippen molar-refractivity contribution in [2.75, 3.05) is 6.61 Å². The first kappa shape index (κ1) is 11.6. The predicted molar refractivity (Wildman–Crippen MR) is 64.2 cm³/mol. The molecule has 0 radical (unpaired) electrons. The topological polar surface area (TPSA) is 52.3 Å². The molecule has 0 spiro atoms. The molecular formula is C12H17NO2S. The van der Waals surface area contributed by atoms with Gasteiger partial charge in [-0.15, -0.1) is 11.3 Å². The molecule has 1 fully saturated rings. The number of rotatable bonds is 5. The van der Waals surface area contributed by atoms with Crippen molar-refractivity contribution < 1.29 is 9.53 Å². The number of carbonyl (C=O) groups is 1. The normalized spacial score (nSPS) is 17.8. The summed E-state index contributed by atoms with van der Waals surface area (Å²) in [7, 11) is 0. The quantitative estimate of drug-likeness (QED) is 0.803. The molecule has 1 heterocycles. The zero-order valence-electron chi connectivity index (χ0n) is 9.22. The molecule has 1 saturated carbocycles. The second-order valence-electron chi connectivity index (χ2n) is 4.25. The largest absolute Gasteiger partial charge is 0.464 e. The Labute approximate surface area is 99.6 Å². The molecule has 0 amide bonds. The first-order valence-corrected chi connectivity index (χ1v) is 6.61. The Morgan fingerprint density at radius 2 is 2.44 bits per heavy atom. The summed E-state index contributed by atoms with van der Waals surface area (Å²) >= 11 is 1.49. The van der Waals surface area contributed by atoms with Gasteiger partial charge in [-0.3, -0.25) is 0 Å². The van der Waals surface area contributed by atoms with Crippen LogP contribution in [0.1, 0.15) is 36.6 Å². The number of nitrogens with two attached hydrogens (primary N) is 1. The summed E-state index contributed by atoms with van der Waals surface area (Å²) in [4.78, 5) is 12.5. The van der Waals surface area contributed by atoms with E-state index in [0.717, 1.165) is 17.2 Å². The van der Waals surface area contributed by atoms with E-state index in [4.69, 9.17) is 10.5 Å². The molecule has 1 aromatic heterocycles. The van der Waals surface area contributed by atoms with Gasteiger partial charge in [0.1, 0.15) is 6.04 Å². The summed E-state index contributed by atoms with van der Waals surface area (Å²) in [6.07, 6.45) is 4.89.